The van der Waals surface area contributed by atoms with E-state index in [9.17, 15) is 4.79 Å². The van der Waals surface area contributed by atoms with Gasteiger partial charge >= 0.3 is 0 Å². The average Bonchev–Trinajstić information content (AvgIpc) is 2.79. The number of amides is 1. The summed E-state index contributed by atoms with van der Waals surface area (Å²) >= 11 is 0. The zero-order valence-electron chi connectivity index (χ0n) is 9.05. The third kappa shape index (κ3) is 0.768. The van der Waals surface area contributed by atoms with Crippen molar-refractivity contribution in [2.75, 3.05) is 0 Å². The highest BCUT2D eigenvalue weighted by molar-refractivity contribution is 5.81. The lowest BCUT2D eigenvalue weighted by Gasteiger charge is -2.61. The molecule has 14 heavy (non-hydrogen) atoms. The van der Waals surface area contributed by atoms with Crippen molar-refractivity contribution in [3.05, 3.63) is 0 Å². The van der Waals surface area contributed by atoms with E-state index >= 15 is 0 Å². The van der Waals surface area contributed by atoms with Gasteiger partial charge in [-0.15, -0.1) is 0 Å². The van der Waals surface area contributed by atoms with E-state index in [0.29, 0.717) is 10.8 Å². The normalized spacial score (nSPS) is 52.6. The van der Waals surface area contributed by atoms with Crippen molar-refractivity contribution in [2.45, 2.75) is 39.5 Å². The smallest absolute Gasteiger partial charge is 0.221 e. The van der Waals surface area contributed by atoms with Crippen LogP contribution in [0.1, 0.15) is 39.5 Å². The molecule has 0 radical (unpaired) electrons. The molecule has 1 amide bonds. The van der Waals surface area contributed by atoms with Crippen LogP contribution < -0.4 is 5.73 Å². The minimum absolute atomic E-state index is 0.0499. The molecule has 2 heteroatoms. The Morgan fingerprint density at radius 3 is 2.57 bits per heavy atom. The molecular weight excluding hydrogens is 174 g/mol. The number of carbonyl (C=O) groups is 1. The molecule has 4 atom stereocenters. The molecule has 4 aliphatic rings. The number of rotatable bonds is 1. The van der Waals surface area contributed by atoms with Crippen molar-refractivity contribution in [1.29, 1.82) is 0 Å². The summed E-state index contributed by atoms with van der Waals surface area (Å²) in [5, 5.41) is 0. The molecule has 0 aromatic heterocycles. The highest BCUT2D eigenvalue weighted by Gasteiger charge is 2.71. The highest BCUT2D eigenvalue weighted by Crippen LogP contribution is 2.76. The number of primary amides is 1. The molecule has 2 nitrogen and oxygen atoms in total. The molecule has 0 aliphatic heterocycles. The molecule has 0 heterocycles. The summed E-state index contributed by atoms with van der Waals surface area (Å²) in [5.74, 6) is 1.87. The Labute approximate surface area is 85.2 Å². The maximum atomic E-state index is 11.2. The van der Waals surface area contributed by atoms with Gasteiger partial charge in [-0.3, -0.25) is 4.79 Å². The van der Waals surface area contributed by atoms with Gasteiger partial charge in [0.1, 0.15) is 0 Å². The van der Waals surface area contributed by atoms with Gasteiger partial charge in [-0.25, -0.2) is 0 Å². The maximum absolute atomic E-state index is 11.2. The van der Waals surface area contributed by atoms with Crippen LogP contribution in [-0.4, -0.2) is 5.91 Å². The fourth-order valence-corrected chi connectivity index (χ4v) is 4.47. The van der Waals surface area contributed by atoms with Gasteiger partial charge in [0, 0.05) is 5.92 Å². The average molecular weight is 193 g/mol. The Morgan fingerprint density at radius 1 is 1.43 bits per heavy atom. The highest BCUT2D eigenvalue weighted by atomic mass is 16.1. The van der Waals surface area contributed by atoms with E-state index in [2.05, 4.69) is 13.8 Å². The zero-order chi connectivity index (χ0) is 10.1. The molecule has 4 saturated carbocycles. The third-order valence-electron chi connectivity index (χ3n) is 5.58. The van der Waals surface area contributed by atoms with Gasteiger partial charge in [0.05, 0.1) is 0 Å². The molecule has 2 N–H and O–H groups in total. The summed E-state index contributed by atoms with van der Waals surface area (Å²) in [6.45, 7) is 4.76. The molecule has 4 fully saturated rings. The Bertz CT molecular complexity index is 307. The van der Waals surface area contributed by atoms with E-state index in [-0.39, 0.29) is 11.8 Å². The maximum Gasteiger partial charge on any atom is 0.221 e. The second-order valence-electron chi connectivity index (χ2n) is 6.24. The number of fused-ring (bicyclic) bond motifs is 1. The van der Waals surface area contributed by atoms with Crippen LogP contribution in [0.5, 0.6) is 0 Å². The van der Waals surface area contributed by atoms with Gasteiger partial charge in [-0.05, 0) is 48.3 Å². The summed E-state index contributed by atoms with van der Waals surface area (Å²) in [5.41, 5.74) is 6.27. The summed E-state index contributed by atoms with van der Waals surface area (Å²) in [6.07, 6.45) is 5.03. The molecule has 0 aromatic rings. The number of hydrogen-bond donors (Lipinski definition) is 1. The molecule has 2 unspecified atom stereocenters. The minimum atomic E-state index is -0.0499. The second kappa shape index (κ2) is 2.17. The Morgan fingerprint density at radius 2 is 2.14 bits per heavy atom. The molecule has 4 rings (SSSR count). The molecule has 1 spiro atoms. The van der Waals surface area contributed by atoms with E-state index in [4.69, 9.17) is 5.73 Å². The van der Waals surface area contributed by atoms with E-state index < -0.39 is 0 Å². The van der Waals surface area contributed by atoms with Crippen LogP contribution in [-0.2, 0) is 4.79 Å². The molecule has 78 valence electrons. The van der Waals surface area contributed by atoms with E-state index in [1.165, 1.54) is 19.3 Å². The largest absolute Gasteiger partial charge is 0.369 e. The minimum Gasteiger partial charge on any atom is -0.369 e. The predicted octanol–water partition coefficient (Wildman–Crippen LogP) is 1.93. The first-order valence-electron chi connectivity index (χ1n) is 5.78. The van der Waals surface area contributed by atoms with E-state index in [1.807, 2.05) is 0 Å². The first-order valence-corrected chi connectivity index (χ1v) is 5.78. The first-order chi connectivity index (χ1) is 6.48. The summed E-state index contributed by atoms with van der Waals surface area (Å²) < 4.78 is 0. The summed E-state index contributed by atoms with van der Waals surface area (Å²) in [4.78, 5) is 11.2. The van der Waals surface area contributed by atoms with Crippen LogP contribution in [0.15, 0.2) is 0 Å². The van der Waals surface area contributed by atoms with Crippen molar-refractivity contribution >= 4 is 5.91 Å². The lowest BCUT2D eigenvalue weighted by Crippen LogP contribution is -2.54. The third-order valence-corrected chi connectivity index (χ3v) is 5.58. The van der Waals surface area contributed by atoms with Crippen LogP contribution in [0.2, 0.25) is 0 Å². The van der Waals surface area contributed by atoms with Gasteiger partial charge in [-0.1, -0.05) is 13.8 Å². The van der Waals surface area contributed by atoms with Gasteiger partial charge in [0.15, 0.2) is 0 Å². The molecule has 0 aromatic carbocycles. The van der Waals surface area contributed by atoms with Crippen LogP contribution >= 0.6 is 0 Å². The standard InChI is InChI=1S/C12H19NO/c1-11(2)7-3-4-12(9(11)5-7)6-8(12)10(13)14/h7-9H,3-6H2,1-2H3,(H2,13,14)/t7-,8?,9+,12?/m0/s1. The van der Waals surface area contributed by atoms with E-state index in [0.717, 1.165) is 18.3 Å². The Kier molecular flexibility index (Phi) is 1.36. The molecule has 0 saturated heterocycles. The molecule has 2 bridgehead atoms. The monoisotopic (exact) mass is 193 g/mol. The molecule has 4 aliphatic carbocycles. The van der Waals surface area contributed by atoms with Crippen LogP contribution in [0, 0.1) is 28.6 Å². The van der Waals surface area contributed by atoms with Crippen molar-refractivity contribution in [3.63, 3.8) is 0 Å². The van der Waals surface area contributed by atoms with Crippen LogP contribution in [0.4, 0.5) is 0 Å². The van der Waals surface area contributed by atoms with Crippen molar-refractivity contribution in [2.24, 2.45) is 34.3 Å². The Balaban J connectivity index is 1.87. The molecular formula is C12H19NO. The summed E-state index contributed by atoms with van der Waals surface area (Å²) in [6, 6.07) is 0. The lowest BCUT2D eigenvalue weighted by molar-refractivity contribution is -0.134. The van der Waals surface area contributed by atoms with Crippen molar-refractivity contribution in [3.8, 4) is 0 Å². The summed E-state index contributed by atoms with van der Waals surface area (Å²) in [7, 11) is 0. The number of carbonyl (C=O) groups excluding carboxylic acids is 1. The van der Waals surface area contributed by atoms with E-state index in [1.54, 1.807) is 0 Å². The SMILES string of the molecule is CC1(C)[C@H]2CCC3(CC3C(N)=O)[C@@H]1C2. The first kappa shape index (κ1) is 8.75. The number of hydrogen-bond acceptors (Lipinski definition) is 1. The Hall–Kier alpha value is -0.530. The van der Waals surface area contributed by atoms with Gasteiger partial charge in [0.2, 0.25) is 5.91 Å². The fourth-order valence-electron chi connectivity index (χ4n) is 4.47. The van der Waals surface area contributed by atoms with Crippen molar-refractivity contribution in [1.82, 2.24) is 0 Å². The topological polar surface area (TPSA) is 43.1 Å². The predicted molar refractivity (Wildman–Crippen MR) is 54.3 cm³/mol. The number of nitrogens with two attached hydrogens (primary N) is 1. The van der Waals surface area contributed by atoms with Crippen LogP contribution in [0.3, 0.4) is 0 Å². The van der Waals surface area contributed by atoms with Crippen LogP contribution in [0.25, 0.3) is 0 Å². The quantitative estimate of drug-likeness (QED) is 0.679. The second-order valence-corrected chi connectivity index (χ2v) is 6.24. The zero-order valence-corrected chi connectivity index (χ0v) is 9.05. The lowest BCUT2D eigenvalue weighted by atomic mass is 9.44. The van der Waals surface area contributed by atoms with Gasteiger partial charge < -0.3 is 5.73 Å². The van der Waals surface area contributed by atoms with Gasteiger partial charge in [0.25, 0.3) is 0 Å². The van der Waals surface area contributed by atoms with Gasteiger partial charge in [-0.2, -0.15) is 0 Å². The van der Waals surface area contributed by atoms with Crippen molar-refractivity contribution < 1.29 is 4.79 Å². The fraction of sp³-hybridized carbons (Fsp3) is 0.917.